The minimum atomic E-state index is -0.0589. The largest absolute Gasteiger partial charge is 0.369 e. The van der Waals surface area contributed by atoms with Gasteiger partial charge in [0.15, 0.2) is 0 Å². The number of rotatable bonds is 5. The van der Waals surface area contributed by atoms with E-state index in [-0.39, 0.29) is 11.3 Å². The molecule has 0 atom stereocenters. The van der Waals surface area contributed by atoms with Crippen molar-refractivity contribution in [3.8, 4) is 0 Å². The molecule has 4 nitrogen and oxygen atoms in total. The highest BCUT2D eigenvalue weighted by Gasteiger charge is 2.19. The van der Waals surface area contributed by atoms with Crippen LogP contribution in [0.4, 0.5) is 5.82 Å². The van der Waals surface area contributed by atoms with Gasteiger partial charge in [0, 0.05) is 26.3 Å². The van der Waals surface area contributed by atoms with Crippen LogP contribution in [0.15, 0.2) is 12.3 Å². The summed E-state index contributed by atoms with van der Waals surface area (Å²) in [4.78, 5) is 18.2. The Morgan fingerprint density at radius 1 is 1.45 bits per heavy atom. The molecule has 0 radical (unpaired) electrons. The van der Waals surface area contributed by atoms with Gasteiger partial charge in [-0.2, -0.15) is 0 Å². The second-order valence-electron chi connectivity index (χ2n) is 6.20. The molecule has 1 heterocycles. The van der Waals surface area contributed by atoms with Crippen molar-refractivity contribution >= 4 is 23.3 Å². The Balaban J connectivity index is 2.81. The molecule has 1 aromatic rings. The molecule has 0 aliphatic rings. The number of carbonyl (C=O) groups is 1. The Labute approximate surface area is 126 Å². The van der Waals surface area contributed by atoms with E-state index in [1.165, 1.54) is 0 Å². The van der Waals surface area contributed by atoms with E-state index in [2.05, 4.69) is 38.0 Å². The van der Waals surface area contributed by atoms with Crippen LogP contribution in [-0.4, -0.2) is 35.9 Å². The number of nitrogens with one attached hydrogen (secondary N) is 1. The zero-order valence-corrected chi connectivity index (χ0v) is 13.7. The van der Waals surface area contributed by atoms with Gasteiger partial charge in [-0.3, -0.25) is 4.79 Å². The van der Waals surface area contributed by atoms with Crippen LogP contribution in [0.1, 0.15) is 44.5 Å². The number of amides is 1. The van der Waals surface area contributed by atoms with Crippen molar-refractivity contribution in [1.29, 1.82) is 0 Å². The van der Waals surface area contributed by atoms with E-state index in [9.17, 15) is 4.79 Å². The molecule has 112 valence electrons. The third-order valence-electron chi connectivity index (χ3n) is 2.69. The summed E-state index contributed by atoms with van der Waals surface area (Å²) < 4.78 is 0. The Bertz CT molecular complexity index is 469. The van der Waals surface area contributed by atoms with E-state index >= 15 is 0 Å². The SMILES string of the molecule is CCCNc1ncc(C(=O)N(C)CC(C)(C)C)cc1Cl. The fraction of sp³-hybridized carbons (Fsp3) is 0.600. The van der Waals surface area contributed by atoms with E-state index in [1.54, 1.807) is 24.2 Å². The molecule has 1 amide bonds. The summed E-state index contributed by atoms with van der Waals surface area (Å²) in [7, 11) is 1.80. The molecule has 0 unspecified atom stereocenters. The van der Waals surface area contributed by atoms with Gasteiger partial charge < -0.3 is 10.2 Å². The highest BCUT2D eigenvalue weighted by molar-refractivity contribution is 6.33. The van der Waals surface area contributed by atoms with Crippen molar-refractivity contribution in [3.63, 3.8) is 0 Å². The van der Waals surface area contributed by atoms with Crippen LogP contribution in [-0.2, 0) is 0 Å². The molecule has 0 fully saturated rings. The molecule has 0 aromatic carbocycles. The summed E-state index contributed by atoms with van der Waals surface area (Å²) in [6.45, 7) is 9.85. The minimum absolute atomic E-state index is 0.0589. The monoisotopic (exact) mass is 297 g/mol. The summed E-state index contributed by atoms with van der Waals surface area (Å²) in [6, 6.07) is 1.67. The lowest BCUT2D eigenvalue weighted by atomic mass is 9.96. The van der Waals surface area contributed by atoms with Crippen LogP contribution >= 0.6 is 11.6 Å². The topological polar surface area (TPSA) is 45.2 Å². The Kier molecular flexibility index (Phi) is 5.81. The number of pyridine rings is 1. The normalized spacial score (nSPS) is 11.3. The maximum atomic E-state index is 12.3. The molecule has 0 aliphatic carbocycles. The van der Waals surface area contributed by atoms with Crippen molar-refractivity contribution in [2.24, 2.45) is 5.41 Å². The molecule has 5 heteroatoms. The highest BCUT2D eigenvalue weighted by Crippen LogP contribution is 2.22. The Morgan fingerprint density at radius 3 is 2.60 bits per heavy atom. The van der Waals surface area contributed by atoms with Crippen molar-refractivity contribution < 1.29 is 4.79 Å². The minimum Gasteiger partial charge on any atom is -0.369 e. The van der Waals surface area contributed by atoms with Crippen molar-refractivity contribution in [2.45, 2.75) is 34.1 Å². The van der Waals surface area contributed by atoms with E-state index in [0.29, 0.717) is 22.9 Å². The van der Waals surface area contributed by atoms with Gasteiger partial charge in [-0.25, -0.2) is 4.98 Å². The number of anilines is 1. The highest BCUT2D eigenvalue weighted by atomic mass is 35.5. The predicted octanol–water partition coefficient (Wildman–Crippen LogP) is 3.68. The van der Waals surface area contributed by atoms with Gasteiger partial charge in [-0.15, -0.1) is 0 Å². The maximum Gasteiger partial charge on any atom is 0.255 e. The van der Waals surface area contributed by atoms with E-state index in [0.717, 1.165) is 13.0 Å². The van der Waals surface area contributed by atoms with Gasteiger partial charge >= 0.3 is 0 Å². The van der Waals surface area contributed by atoms with Crippen LogP contribution in [0.5, 0.6) is 0 Å². The van der Waals surface area contributed by atoms with Gasteiger partial charge in [0.05, 0.1) is 10.6 Å². The maximum absolute atomic E-state index is 12.3. The first-order valence-corrected chi connectivity index (χ1v) is 7.27. The standard InChI is InChI=1S/C15H24ClN3O/c1-6-7-17-13-12(16)8-11(9-18-13)14(20)19(5)10-15(2,3)4/h8-9H,6-7,10H2,1-5H3,(H,17,18). The first kappa shape index (κ1) is 16.8. The molecule has 1 aromatic heterocycles. The first-order valence-electron chi connectivity index (χ1n) is 6.89. The number of hydrogen-bond donors (Lipinski definition) is 1. The smallest absolute Gasteiger partial charge is 0.255 e. The van der Waals surface area contributed by atoms with Gasteiger partial charge in [0.25, 0.3) is 5.91 Å². The number of hydrogen-bond acceptors (Lipinski definition) is 3. The second kappa shape index (κ2) is 6.93. The summed E-state index contributed by atoms with van der Waals surface area (Å²) in [6.07, 6.45) is 2.57. The first-order chi connectivity index (χ1) is 9.24. The third kappa shape index (κ3) is 5.00. The van der Waals surface area contributed by atoms with Crippen LogP contribution in [0.3, 0.4) is 0 Å². The number of nitrogens with zero attached hydrogens (tertiary/aromatic N) is 2. The van der Waals surface area contributed by atoms with Crippen molar-refractivity contribution in [3.05, 3.63) is 22.8 Å². The van der Waals surface area contributed by atoms with Crippen molar-refractivity contribution in [1.82, 2.24) is 9.88 Å². The van der Waals surface area contributed by atoms with Crippen molar-refractivity contribution in [2.75, 3.05) is 25.5 Å². The summed E-state index contributed by atoms with van der Waals surface area (Å²) in [5.74, 6) is 0.569. The lowest BCUT2D eigenvalue weighted by Gasteiger charge is -2.26. The average Bonchev–Trinajstić information content (AvgIpc) is 2.34. The fourth-order valence-electron chi connectivity index (χ4n) is 1.93. The van der Waals surface area contributed by atoms with Crippen LogP contribution in [0, 0.1) is 5.41 Å². The summed E-state index contributed by atoms with van der Waals surface area (Å²) >= 11 is 6.15. The molecule has 0 spiro atoms. The number of halogens is 1. The zero-order chi connectivity index (χ0) is 15.3. The molecule has 1 N–H and O–H groups in total. The van der Waals surface area contributed by atoms with Gasteiger partial charge in [-0.05, 0) is 17.9 Å². The number of carbonyl (C=O) groups excluding carboxylic acids is 1. The zero-order valence-electron chi connectivity index (χ0n) is 13.0. The molecular weight excluding hydrogens is 274 g/mol. The van der Waals surface area contributed by atoms with Gasteiger partial charge in [0.2, 0.25) is 0 Å². The van der Waals surface area contributed by atoms with Gasteiger partial charge in [0.1, 0.15) is 5.82 Å². The Morgan fingerprint density at radius 2 is 2.10 bits per heavy atom. The van der Waals surface area contributed by atoms with Crippen LogP contribution in [0.25, 0.3) is 0 Å². The quantitative estimate of drug-likeness (QED) is 0.902. The average molecular weight is 298 g/mol. The molecule has 1 rings (SSSR count). The number of aromatic nitrogens is 1. The van der Waals surface area contributed by atoms with Crippen LogP contribution in [0.2, 0.25) is 5.02 Å². The molecule has 0 bridgehead atoms. The lowest BCUT2D eigenvalue weighted by molar-refractivity contribution is 0.0745. The summed E-state index contributed by atoms with van der Waals surface area (Å²) in [5, 5.41) is 3.61. The molecule has 0 saturated carbocycles. The summed E-state index contributed by atoms with van der Waals surface area (Å²) in [5.41, 5.74) is 0.577. The molecule has 0 aliphatic heterocycles. The molecule has 0 saturated heterocycles. The predicted molar refractivity (Wildman–Crippen MR) is 84.4 cm³/mol. The lowest BCUT2D eigenvalue weighted by Crippen LogP contribution is -2.34. The fourth-order valence-corrected chi connectivity index (χ4v) is 2.17. The van der Waals surface area contributed by atoms with E-state index in [4.69, 9.17) is 11.6 Å². The molecule has 20 heavy (non-hydrogen) atoms. The molecular formula is C15H24ClN3O. The van der Waals surface area contributed by atoms with Gasteiger partial charge in [-0.1, -0.05) is 39.3 Å². The Hall–Kier alpha value is -1.29. The third-order valence-corrected chi connectivity index (χ3v) is 2.98. The van der Waals surface area contributed by atoms with E-state index in [1.807, 2.05) is 0 Å². The van der Waals surface area contributed by atoms with E-state index < -0.39 is 0 Å². The second-order valence-corrected chi connectivity index (χ2v) is 6.61. The van der Waals surface area contributed by atoms with Crippen LogP contribution < -0.4 is 5.32 Å².